The molecule has 0 radical (unpaired) electrons. The molecule has 70 valence electrons. The summed E-state index contributed by atoms with van der Waals surface area (Å²) in [7, 11) is 0. The molecular weight excluding hydrogens is 192 g/mol. The van der Waals surface area contributed by atoms with Crippen LogP contribution >= 0.6 is 11.8 Å². The van der Waals surface area contributed by atoms with Crippen LogP contribution in [0.15, 0.2) is 11.5 Å². The van der Waals surface area contributed by atoms with Gasteiger partial charge in [-0.05, 0) is 6.42 Å². The molecule has 2 heterocycles. The van der Waals surface area contributed by atoms with E-state index in [1.807, 2.05) is 0 Å². The van der Waals surface area contributed by atoms with Gasteiger partial charge in [-0.3, -0.25) is 10.2 Å². The van der Waals surface area contributed by atoms with Crippen molar-refractivity contribution in [2.24, 2.45) is 0 Å². The number of thioether (sulfide) groups is 1. The first-order chi connectivity index (χ1) is 6.31. The first kappa shape index (κ1) is 8.52. The highest BCUT2D eigenvalue weighted by atomic mass is 32.2. The second-order valence-corrected chi connectivity index (χ2v) is 3.75. The standard InChI is InChI=1S/C6H8N4O2S/c11-2-1-4-5(12)9-10-3-7-8-6(10)13-4/h3-4,11H,1-2H2,(H,9,12). The van der Waals surface area contributed by atoms with Crippen molar-refractivity contribution in [3.63, 3.8) is 0 Å². The predicted octanol–water partition coefficient (Wildman–Crippen LogP) is -0.795. The van der Waals surface area contributed by atoms with Crippen LogP contribution in [-0.2, 0) is 4.79 Å². The summed E-state index contributed by atoms with van der Waals surface area (Å²) in [6.07, 6.45) is 1.87. The van der Waals surface area contributed by atoms with Gasteiger partial charge in [-0.25, -0.2) is 4.68 Å². The highest BCUT2D eigenvalue weighted by Crippen LogP contribution is 2.26. The van der Waals surface area contributed by atoms with E-state index < -0.39 is 0 Å². The fourth-order valence-corrected chi connectivity index (χ4v) is 2.00. The molecule has 1 aromatic rings. The van der Waals surface area contributed by atoms with Crippen LogP contribution in [0.5, 0.6) is 0 Å². The summed E-state index contributed by atoms with van der Waals surface area (Å²) in [5.74, 6) is -0.119. The van der Waals surface area contributed by atoms with E-state index in [9.17, 15) is 4.79 Å². The Labute approximate surface area is 78.3 Å². The van der Waals surface area contributed by atoms with Gasteiger partial charge in [-0.15, -0.1) is 10.2 Å². The number of rotatable bonds is 2. The molecule has 1 amide bonds. The molecule has 1 aliphatic rings. The van der Waals surface area contributed by atoms with Crippen LogP contribution in [0.3, 0.4) is 0 Å². The van der Waals surface area contributed by atoms with Crippen LogP contribution in [0, 0.1) is 0 Å². The molecule has 13 heavy (non-hydrogen) atoms. The second-order valence-electron chi connectivity index (χ2n) is 2.58. The highest BCUT2D eigenvalue weighted by Gasteiger charge is 2.27. The van der Waals surface area contributed by atoms with E-state index in [0.29, 0.717) is 11.6 Å². The Morgan fingerprint density at radius 1 is 1.77 bits per heavy atom. The van der Waals surface area contributed by atoms with Crippen LogP contribution in [0.1, 0.15) is 6.42 Å². The van der Waals surface area contributed by atoms with E-state index in [1.54, 1.807) is 0 Å². The molecule has 6 nitrogen and oxygen atoms in total. The van der Waals surface area contributed by atoms with Crippen molar-refractivity contribution < 1.29 is 9.90 Å². The lowest BCUT2D eigenvalue weighted by molar-refractivity contribution is -0.117. The monoisotopic (exact) mass is 200 g/mol. The van der Waals surface area contributed by atoms with Crippen molar-refractivity contribution in [2.75, 3.05) is 12.0 Å². The van der Waals surface area contributed by atoms with Crippen molar-refractivity contribution in [3.8, 4) is 0 Å². The van der Waals surface area contributed by atoms with E-state index in [2.05, 4.69) is 15.6 Å². The first-order valence-corrected chi connectivity index (χ1v) is 4.67. The third kappa shape index (κ3) is 1.52. The summed E-state index contributed by atoms with van der Waals surface area (Å²) in [5.41, 5.74) is 2.60. The van der Waals surface area contributed by atoms with Crippen molar-refractivity contribution in [3.05, 3.63) is 6.33 Å². The molecule has 7 heteroatoms. The van der Waals surface area contributed by atoms with Gasteiger partial charge >= 0.3 is 0 Å². The molecule has 2 rings (SSSR count). The Morgan fingerprint density at radius 3 is 3.38 bits per heavy atom. The zero-order valence-corrected chi connectivity index (χ0v) is 7.49. The molecule has 0 aliphatic carbocycles. The Bertz CT molecular complexity index is 326. The minimum Gasteiger partial charge on any atom is -0.396 e. The average molecular weight is 200 g/mol. The van der Waals surface area contributed by atoms with Gasteiger partial charge in [-0.1, -0.05) is 11.8 Å². The van der Waals surface area contributed by atoms with Gasteiger partial charge in [0.2, 0.25) is 5.16 Å². The number of amides is 1. The maximum absolute atomic E-state index is 11.3. The van der Waals surface area contributed by atoms with Gasteiger partial charge in [0.25, 0.3) is 5.91 Å². The lowest BCUT2D eigenvalue weighted by atomic mass is 10.3. The third-order valence-electron chi connectivity index (χ3n) is 1.68. The number of aromatic nitrogens is 3. The molecule has 1 aliphatic heterocycles. The topological polar surface area (TPSA) is 80.0 Å². The van der Waals surface area contributed by atoms with Crippen LogP contribution in [0.4, 0.5) is 0 Å². The minimum atomic E-state index is -0.262. The summed E-state index contributed by atoms with van der Waals surface area (Å²) in [4.78, 5) is 11.3. The molecule has 1 aromatic heterocycles. The minimum absolute atomic E-state index is 0.000770. The van der Waals surface area contributed by atoms with Crippen molar-refractivity contribution in [1.29, 1.82) is 0 Å². The van der Waals surface area contributed by atoms with Crippen LogP contribution in [0.2, 0.25) is 0 Å². The number of aliphatic hydroxyl groups is 1. The fourth-order valence-electron chi connectivity index (χ4n) is 1.06. The maximum atomic E-state index is 11.3. The Morgan fingerprint density at radius 2 is 2.62 bits per heavy atom. The maximum Gasteiger partial charge on any atom is 0.252 e. The van der Waals surface area contributed by atoms with E-state index in [4.69, 9.17) is 5.11 Å². The smallest absolute Gasteiger partial charge is 0.252 e. The third-order valence-corrected chi connectivity index (χ3v) is 2.90. The van der Waals surface area contributed by atoms with Crippen molar-refractivity contribution in [2.45, 2.75) is 16.8 Å². The van der Waals surface area contributed by atoms with Crippen molar-refractivity contribution >= 4 is 17.7 Å². The number of nitrogens with zero attached hydrogens (tertiary/aromatic N) is 3. The van der Waals surface area contributed by atoms with Gasteiger partial charge in [-0.2, -0.15) is 0 Å². The molecule has 0 fully saturated rings. The van der Waals surface area contributed by atoms with E-state index in [1.165, 1.54) is 22.8 Å². The van der Waals surface area contributed by atoms with E-state index >= 15 is 0 Å². The number of nitrogens with one attached hydrogen (secondary N) is 1. The van der Waals surface area contributed by atoms with Gasteiger partial charge in [0.15, 0.2) is 0 Å². The van der Waals surface area contributed by atoms with E-state index in [0.717, 1.165) is 0 Å². The van der Waals surface area contributed by atoms with E-state index in [-0.39, 0.29) is 17.8 Å². The summed E-state index contributed by atoms with van der Waals surface area (Å²) >= 11 is 1.31. The van der Waals surface area contributed by atoms with Gasteiger partial charge in [0.05, 0.1) is 5.25 Å². The van der Waals surface area contributed by atoms with Gasteiger partial charge < -0.3 is 5.11 Å². The largest absolute Gasteiger partial charge is 0.396 e. The molecule has 0 saturated heterocycles. The Kier molecular flexibility index (Phi) is 2.19. The molecule has 2 N–H and O–H groups in total. The zero-order valence-electron chi connectivity index (χ0n) is 6.67. The number of hydrogen-bond acceptors (Lipinski definition) is 5. The summed E-state index contributed by atoms with van der Waals surface area (Å²) in [6.45, 7) is -0.000770. The molecule has 0 bridgehead atoms. The van der Waals surface area contributed by atoms with Gasteiger partial charge in [0.1, 0.15) is 6.33 Å². The lowest BCUT2D eigenvalue weighted by Crippen LogP contribution is -2.36. The first-order valence-electron chi connectivity index (χ1n) is 3.79. The van der Waals surface area contributed by atoms with Crippen LogP contribution < -0.4 is 5.43 Å². The van der Waals surface area contributed by atoms with Crippen LogP contribution in [0.25, 0.3) is 0 Å². The van der Waals surface area contributed by atoms with Gasteiger partial charge in [0, 0.05) is 6.61 Å². The number of aliphatic hydroxyl groups excluding tert-OH is 1. The number of fused-ring (bicyclic) bond motifs is 1. The Hall–Kier alpha value is -1.08. The molecule has 0 saturated carbocycles. The Balaban J connectivity index is 2.17. The summed E-state index contributed by atoms with van der Waals surface area (Å²) in [5, 5.41) is 16.5. The summed E-state index contributed by atoms with van der Waals surface area (Å²) < 4.78 is 1.47. The lowest BCUT2D eigenvalue weighted by Gasteiger charge is -2.20. The molecule has 0 spiro atoms. The molecule has 0 aromatic carbocycles. The fraction of sp³-hybridized carbons (Fsp3) is 0.500. The molecule has 1 unspecified atom stereocenters. The SMILES string of the molecule is O=C1Nn2cnnc2SC1CCO. The second kappa shape index (κ2) is 3.35. The molecular formula is C6H8N4O2S. The summed E-state index contributed by atoms with van der Waals surface area (Å²) in [6, 6.07) is 0. The quantitative estimate of drug-likeness (QED) is 0.653. The normalized spacial score (nSPS) is 21.0. The van der Waals surface area contributed by atoms with Crippen LogP contribution in [-0.4, -0.2) is 37.7 Å². The predicted molar refractivity (Wildman–Crippen MR) is 45.7 cm³/mol. The molecule has 1 atom stereocenters. The zero-order chi connectivity index (χ0) is 9.26. The average Bonchev–Trinajstić information content (AvgIpc) is 2.52. The van der Waals surface area contributed by atoms with Crippen molar-refractivity contribution in [1.82, 2.24) is 14.9 Å². The number of hydrogen-bond donors (Lipinski definition) is 2. The number of carbonyl (C=O) groups excluding carboxylic acids is 1. The highest BCUT2D eigenvalue weighted by molar-refractivity contribution is 8.00. The number of carbonyl (C=O) groups is 1.